The molecule has 2 N–H and O–H groups in total. The van der Waals surface area contributed by atoms with Gasteiger partial charge in [-0.25, -0.2) is 0 Å². The molecule has 0 amide bonds. The van der Waals surface area contributed by atoms with Crippen molar-refractivity contribution in [3.8, 4) is 0 Å². The van der Waals surface area contributed by atoms with E-state index in [9.17, 15) is 0 Å². The van der Waals surface area contributed by atoms with Crippen LogP contribution in [-0.2, 0) is 4.74 Å². The lowest BCUT2D eigenvalue weighted by atomic mass is 10.5. The average molecular weight is 159 g/mol. The van der Waals surface area contributed by atoms with E-state index in [1.165, 1.54) is 0 Å². The lowest BCUT2D eigenvalue weighted by molar-refractivity contribution is 0.0943. The summed E-state index contributed by atoms with van der Waals surface area (Å²) < 4.78 is 5.03. The number of aliphatic hydroxyl groups is 1. The molecule has 0 heterocycles. The zero-order valence-corrected chi connectivity index (χ0v) is 7.05. The number of ether oxygens (including phenoxy) is 1. The van der Waals surface area contributed by atoms with Gasteiger partial charge in [0.2, 0.25) is 0 Å². The van der Waals surface area contributed by atoms with Gasteiger partial charge in [-0.3, -0.25) is 0 Å². The van der Waals surface area contributed by atoms with Crippen LogP contribution in [0.15, 0.2) is 12.2 Å². The van der Waals surface area contributed by atoms with E-state index in [-0.39, 0.29) is 6.61 Å². The van der Waals surface area contributed by atoms with E-state index in [0.717, 1.165) is 13.1 Å². The van der Waals surface area contributed by atoms with Crippen molar-refractivity contribution in [2.45, 2.75) is 6.92 Å². The number of allylic oxidation sites excluding steroid dienone is 1. The van der Waals surface area contributed by atoms with Gasteiger partial charge in [-0.1, -0.05) is 12.2 Å². The maximum Gasteiger partial charge on any atom is 0.0698 e. The molecule has 0 bridgehead atoms. The molecule has 0 aliphatic heterocycles. The monoisotopic (exact) mass is 159 g/mol. The van der Waals surface area contributed by atoms with E-state index < -0.39 is 0 Å². The second kappa shape index (κ2) is 9.62. The van der Waals surface area contributed by atoms with Crippen molar-refractivity contribution >= 4 is 0 Å². The Labute approximate surface area is 68.1 Å². The SMILES string of the molecule is C/C=C/CNCCOCCO. The summed E-state index contributed by atoms with van der Waals surface area (Å²) in [7, 11) is 0. The van der Waals surface area contributed by atoms with Crippen LogP contribution >= 0.6 is 0 Å². The summed E-state index contributed by atoms with van der Waals surface area (Å²) in [6.07, 6.45) is 4.05. The minimum atomic E-state index is 0.106. The first-order valence-electron chi connectivity index (χ1n) is 3.92. The molecular formula is C8H17NO2. The normalized spacial score (nSPS) is 11.1. The summed E-state index contributed by atoms with van der Waals surface area (Å²) in [5.41, 5.74) is 0. The molecule has 0 saturated carbocycles. The lowest BCUT2D eigenvalue weighted by Gasteiger charge is -2.01. The summed E-state index contributed by atoms with van der Waals surface area (Å²) in [6, 6.07) is 0. The third-order valence-corrected chi connectivity index (χ3v) is 1.16. The molecule has 3 heteroatoms. The quantitative estimate of drug-likeness (QED) is 0.411. The van der Waals surface area contributed by atoms with Gasteiger partial charge in [0.25, 0.3) is 0 Å². The molecule has 0 aromatic carbocycles. The van der Waals surface area contributed by atoms with Gasteiger partial charge in [-0.15, -0.1) is 0 Å². The second-order valence-electron chi connectivity index (χ2n) is 2.11. The lowest BCUT2D eigenvalue weighted by Crippen LogP contribution is -2.20. The summed E-state index contributed by atoms with van der Waals surface area (Å²) >= 11 is 0. The zero-order chi connectivity index (χ0) is 8.36. The first-order valence-corrected chi connectivity index (χ1v) is 3.92. The molecule has 3 nitrogen and oxygen atoms in total. The first kappa shape index (κ1) is 10.6. The van der Waals surface area contributed by atoms with Crippen LogP contribution in [0, 0.1) is 0 Å². The van der Waals surface area contributed by atoms with Crippen molar-refractivity contribution in [1.82, 2.24) is 5.32 Å². The van der Waals surface area contributed by atoms with Gasteiger partial charge in [0, 0.05) is 13.1 Å². The summed E-state index contributed by atoms with van der Waals surface area (Å²) in [4.78, 5) is 0. The number of hydrogen-bond donors (Lipinski definition) is 2. The summed E-state index contributed by atoms with van der Waals surface area (Å²) in [5.74, 6) is 0. The molecule has 66 valence electrons. The van der Waals surface area contributed by atoms with Crippen molar-refractivity contribution in [3.05, 3.63) is 12.2 Å². The smallest absolute Gasteiger partial charge is 0.0698 e. The number of nitrogens with one attached hydrogen (secondary N) is 1. The minimum absolute atomic E-state index is 0.106. The van der Waals surface area contributed by atoms with Crippen molar-refractivity contribution in [1.29, 1.82) is 0 Å². The highest BCUT2D eigenvalue weighted by molar-refractivity contribution is 4.78. The molecule has 0 aromatic heterocycles. The fourth-order valence-electron chi connectivity index (χ4n) is 0.614. The Morgan fingerprint density at radius 1 is 1.45 bits per heavy atom. The second-order valence-corrected chi connectivity index (χ2v) is 2.11. The van der Waals surface area contributed by atoms with Crippen LogP contribution in [-0.4, -0.2) is 38.0 Å². The molecule has 0 aliphatic rings. The van der Waals surface area contributed by atoms with Crippen molar-refractivity contribution in [2.24, 2.45) is 0 Å². The molecule has 0 aliphatic carbocycles. The van der Waals surface area contributed by atoms with Crippen molar-refractivity contribution in [3.63, 3.8) is 0 Å². The van der Waals surface area contributed by atoms with Gasteiger partial charge < -0.3 is 15.2 Å². The number of rotatable bonds is 7. The van der Waals surface area contributed by atoms with Crippen LogP contribution in [0.4, 0.5) is 0 Å². The van der Waals surface area contributed by atoms with Crippen LogP contribution in [0.1, 0.15) is 6.92 Å². The molecule has 0 rings (SSSR count). The van der Waals surface area contributed by atoms with Crippen LogP contribution in [0.3, 0.4) is 0 Å². The number of hydrogen-bond acceptors (Lipinski definition) is 3. The van der Waals surface area contributed by atoms with Crippen LogP contribution in [0.5, 0.6) is 0 Å². The highest BCUT2D eigenvalue weighted by atomic mass is 16.5. The van der Waals surface area contributed by atoms with Crippen LogP contribution in [0.2, 0.25) is 0 Å². The molecule has 0 fully saturated rings. The van der Waals surface area contributed by atoms with E-state index in [4.69, 9.17) is 9.84 Å². The Hall–Kier alpha value is -0.380. The summed E-state index contributed by atoms with van der Waals surface area (Å²) in [6.45, 7) is 4.92. The van der Waals surface area contributed by atoms with Crippen molar-refractivity contribution in [2.75, 3.05) is 32.9 Å². The third kappa shape index (κ3) is 9.62. The molecule has 0 radical (unpaired) electrons. The van der Waals surface area contributed by atoms with Gasteiger partial charge in [-0.05, 0) is 6.92 Å². The van der Waals surface area contributed by atoms with E-state index in [1.807, 2.05) is 19.1 Å². The Balaban J connectivity index is 2.79. The summed E-state index contributed by atoms with van der Waals surface area (Å²) in [5, 5.41) is 11.5. The highest BCUT2D eigenvalue weighted by Gasteiger charge is 1.84. The predicted molar refractivity (Wildman–Crippen MR) is 45.6 cm³/mol. The average Bonchev–Trinajstić information content (AvgIpc) is 2.03. The third-order valence-electron chi connectivity index (χ3n) is 1.16. The highest BCUT2D eigenvalue weighted by Crippen LogP contribution is 1.72. The van der Waals surface area contributed by atoms with Gasteiger partial charge in [0.15, 0.2) is 0 Å². The first-order chi connectivity index (χ1) is 5.41. The Kier molecular flexibility index (Phi) is 9.29. The van der Waals surface area contributed by atoms with Gasteiger partial charge in [0.05, 0.1) is 19.8 Å². The Morgan fingerprint density at radius 3 is 2.91 bits per heavy atom. The van der Waals surface area contributed by atoms with E-state index in [2.05, 4.69) is 5.32 Å². The van der Waals surface area contributed by atoms with Gasteiger partial charge >= 0.3 is 0 Å². The fourth-order valence-corrected chi connectivity index (χ4v) is 0.614. The molecule has 0 atom stereocenters. The van der Waals surface area contributed by atoms with E-state index >= 15 is 0 Å². The topological polar surface area (TPSA) is 41.5 Å². The Morgan fingerprint density at radius 2 is 2.27 bits per heavy atom. The standard InChI is InChI=1S/C8H17NO2/c1-2-3-4-9-5-7-11-8-6-10/h2-3,9-10H,4-8H2,1H3/b3-2+. The number of aliphatic hydroxyl groups excluding tert-OH is 1. The van der Waals surface area contributed by atoms with Gasteiger partial charge in [0.1, 0.15) is 0 Å². The maximum atomic E-state index is 8.35. The zero-order valence-electron chi connectivity index (χ0n) is 7.05. The maximum absolute atomic E-state index is 8.35. The van der Waals surface area contributed by atoms with E-state index in [1.54, 1.807) is 0 Å². The molecule has 0 unspecified atom stereocenters. The predicted octanol–water partition coefficient (Wildman–Crippen LogP) is 0.161. The Bertz CT molecular complexity index is 94.1. The largest absolute Gasteiger partial charge is 0.394 e. The van der Waals surface area contributed by atoms with Crippen LogP contribution in [0.25, 0.3) is 0 Å². The molecular weight excluding hydrogens is 142 g/mol. The fraction of sp³-hybridized carbons (Fsp3) is 0.750. The molecule has 11 heavy (non-hydrogen) atoms. The van der Waals surface area contributed by atoms with Gasteiger partial charge in [-0.2, -0.15) is 0 Å². The molecule has 0 spiro atoms. The minimum Gasteiger partial charge on any atom is -0.394 e. The van der Waals surface area contributed by atoms with Crippen molar-refractivity contribution < 1.29 is 9.84 Å². The molecule has 0 aromatic rings. The van der Waals surface area contributed by atoms with Crippen LogP contribution < -0.4 is 5.32 Å². The van der Waals surface area contributed by atoms with E-state index in [0.29, 0.717) is 13.2 Å². The molecule has 0 saturated heterocycles.